The lowest BCUT2D eigenvalue weighted by atomic mass is 9.94. The molecule has 0 heterocycles. The summed E-state index contributed by atoms with van der Waals surface area (Å²) in [5.74, 6) is 0.886. The molecule has 0 amide bonds. The zero-order valence-corrected chi connectivity index (χ0v) is 29.6. The van der Waals surface area contributed by atoms with Crippen LogP contribution in [0.3, 0.4) is 0 Å². The third-order valence-corrected chi connectivity index (χ3v) is 9.72. The summed E-state index contributed by atoms with van der Waals surface area (Å²) in [4.78, 5) is 4.65. The van der Waals surface area contributed by atoms with E-state index in [1.54, 1.807) is 0 Å². The third kappa shape index (κ3) is 6.19. The van der Waals surface area contributed by atoms with Crippen molar-refractivity contribution in [2.45, 2.75) is 19.8 Å². The van der Waals surface area contributed by atoms with Gasteiger partial charge >= 0.3 is 0 Å². The number of rotatable bonds is 10. The Bertz CT molecular complexity index is 2370. The molecule has 0 unspecified atom stereocenters. The highest BCUT2D eigenvalue weighted by molar-refractivity contribution is 9.10. The van der Waals surface area contributed by atoms with Crippen LogP contribution in [-0.4, -0.2) is 6.61 Å². The molecule has 3 nitrogen and oxygen atoms in total. The molecule has 8 rings (SSSR count). The van der Waals surface area contributed by atoms with Gasteiger partial charge in [0.15, 0.2) is 0 Å². The van der Waals surface area contributed by atoms with E-state index in [-0.39, 0.29) is 0 Å². The van der Waals surface area contributed by atoms with Gasteiger partial charge in [-0.3, -0.25) is 0 Å². The van der Waals surface area contributed by atoms with Gasteiger partial charge in [-0.15, -0.1) is 0 Å². The fraction of sp³-hybridized carbons (Fsp3) is 0.0870. The van der Waals surface area contributed by atoms with E-state index in [2.05, 4.69) is 203 Å². The van der Waals surface area contributed by atoms with Gasteiger partial charge < -0.3 is 14.5 Å². The molecule has 0 aromatic heterocycles. The summed E-state index contributed by atoms with van der Waals surface area (Å²) in [6.45, 7) is 2.91. The number of nitrogens with zero attached hydrogens (tertiary/aromatic N) is 2. The predicted octanol–water partition coefficient (Wildman–Crippen LogP) is 14.0. The molecular formula is C46H37BrN2O. The minimum Gasteiger partial charge on any atom is -0.494 e. The molecule has 0 aliphatic rings. The van der Waals surface area contributed by atoms with Gasteiger partial charge in [0.1, 0.15) is 5.75 Å². The van der Waals surface area contributed by atoms with E-state index in [0.29, 0.717) is 0 Å². The van der Waals surface area contributed by atoms with Crippen LogP contribution in [0.4, 0.5) is 34.1 Å². The summed E-state index contributed by atoms with van der Waals surface area (Å²) < 4.78 is 7.00. The normalized spacial score (nSPS) is 11.2. The molecule has 0 aliphatic heterocycles. The second kappa shape index (κ2) is 14.1. The monoisotopic (exact) mass is 712 g/mol. The van der Waals surface area contributed by atoms with Crippen LogP contribution in [0, 0.1) is 0 Å². The Hall–Kier alpha value is -5.58. The van der Waals surface area contributed by atoms with Crippen molar-refractivity contribution in [1.82, 2.24) is 0 Å². The fourth-order valence-electron chi connectivity index (χ4n) is 6.93. The van der Waals surface area contributed by atoms with Crippen molar-refractivity contribution < 1.29 is 4.74 Å². The molecule has 0 fully saturated rings. The highest BCUT2D eigenvalue weighted by Crippen LogP contribution is 2.44. The van der Waals surface area contributed by atoms with Gasteiger partial charge in [-0.2, -0.15) is 0 Å². The Kier molecular flexibility index (Phi) is 8.94. The molecular weight excluding hydrogens is 676 g/mol. The average molecular weight is 714 g/mol. The number of hydrogen-bond donors (Lipinski definition) is 0. The van der Waals surface area contributed by atoms with Crippen molar-refractivity contribution >= 4 is 82.4 Å². The summed E-state index contributed by atoms with van der Waals surface area (Å²) in [7, 11) is 0. The number of para-hydroxylation sites is 2. The standard InChI is InChI=1S/C46H37BrN2O/c1-2-3-28-50-40-25-22-36(23-26-40)48(34-14-6-4-7-15-34)38-29-33(47)30-39(31-38)49(35-16-8-5-9-17-35)37-24-27-45-43-20-11-10-18-41(43)42-19-12-13-21-44(42)46(45)32-37/h4-27,29-32H,2-3,28H2,1H3. The minimum atomic E-state index is 0.726. The van der Waals surface area contributed by atoms with Gasteiger partial charge in [0.05, 0.1) is 6.61 Å². The largest absolute Gasteiger partial charge is 0.494 e. The number of anilines is 6. The summed E-state index contributed by atoms with van der Waals surface area (Å²) in [6.07, 6.45) is 2.15. The Morgan fingerprint density at radius 3 is 1.40 bits per heavy atom. The molecule has 8 aromatic rings. The Labute approximate surface area is 302 Å². The highest BCUT2D eigenvalue weighted by atomic mass is 79.9. The summed E-state index contributed by atoms with van der Waals surface area (Å²) in [6, 6.07) is 60.6. The van der Waals surface area contributed by atoms with Gasteiger partial charge in [0.25, 0.3) is 0 Å². The predicted molar refractivity (Wildman–Crippen MR) is 216 cm³/mol. The number of benzene rings is 8. The summed E-state index contributed by atoms with van der Waals surface area (Å²) in [5, 5.41) is 7.56. The van der Waals surface area contributed by atoms with Crippen LogP contribution in [0.25, 0.3) is 32.3 Å². The molecule has 8 aromatic carbocycles. The van der Waals surface area contributed by atoms with E-state index in [1.165, 1.54) is 32.3 Å². The van der Waals surface area contributed by atoms with Gasteiger partial charge in [0.2, 0.25) is 0 Å². The maximum atomic E-state index is 6.01. The number of halogens is 1. The van der Waals surface area contributed by atoms with Crippen molar-refractivity contribution in [2.75, 3.05) is 16.4 Å². The van der Waals surface area contributed by atoms with E-state index < -0.39 is 0 Å². The minimum absolute atomic E-state index is 0.726. The number of unbranched alkanes of at least 4 members (excludes halogenated alkanes) is 1. The van der Waals surface area contributed by atoms with E-state index in [4.69, 9.17) is 4.74 Å². The van der Waals surface area contributed by atoms with Crippen LogP contribution in [0.2, 0.25) is 0 Å². The topological polar surface area (TPSA) is 15.7 Å². The maximum Gasteiger partial charge on any atom is 0.119 e. The van der Waals surface area contributed by atoms with E-state index in [9.17, 15) is 0 Å². The summed E-state index contributed by atoms with van der Waals surface area (Å²) in [5.41, 5.74) is 6.39. The van der Waals surface area contributed by atoms with Crippen molar-refractivity contribution in [3.8, 4) is 5.75 Å². The molecule has 0 bridgehead atoms. The van der Waals surface area contributed by atoms with Gasteiger partial charge in [0, 0.05) is 38.6 Å². The van der Waals surface area contributed by atoms with Gasteiger partial charge in [-0.25, -0.2) is 0 Å². The number of ether oxygens (including phenoxy) is 1. The lowest BCUT2D eigenvalue weighted by molar-refractivity contribution is 0.309. The Morgan fingerprint density at radius 2 is 0.860 bits per heavy atom. The third-order valence-electron chi connectivity index (χ3n) is 9.26. The first-order chi connectivity index (χ1) is 24.7. The van der Waals surface area contributed by atoms with Crippen LogP contribution in [0.1, 0.15) is 19.8 Å². The van der Waals surface area contributed by atoms with Crippen LogP contribution < -0.4 is 14.5 Å². The molecule has 0 spiro atoms. The average Bonchev–Trinajstić information content (AvgIpc) is 3.17. The smallest absolute Gasteiger partial charge is 0.119 e. The second-order valence-corrected chi connectivity index (χ2v) is 13.4. The molecule has 0 radical (unpaired) electrons. The number of hydrogen-bond acceptors (Lipinski definition) is 3. The van der Waals surface area contributed by atoms with E-state index >= 15 is 0 Å². The highest BCUT2D eigenvalue weighted by Gasteiger charge is 2.19. The molecule has 0 N–H and O–H groups in total. The van der Waals surface area contributed by atoms with Gasteiger partial charge in [-0.05, 0) is 118 Å². The fourth-order valence-corrected chi connectivity index (χ4v) is 7.40. The molecule has 4 heteroatoms. The van der Waals surface area contributed by atoms with E-state index in [0.717, 1.165) is 63.8 Å². The van der Waals surface area contributed by atoms with E-state index in [1.807, 2.05) is 0 Å². The SMILES string of the molecule is CCCCOc1ccc(N(c2ccccc2)c2cc(Br)cc(N(c3ccccc3)c3ccc4c5ccccc5c5ccccc5c4c3)c2)cc1. The second-order valence-electron chi connectivity index (χ2n) is 12.5. The zero-order chi connectivity index (χ0) is 33.9. The number of fused-ring (bicyclic) bond motifs is 6. The quantitative estimate of drug-likeness (QED) is 0.104. The van der Waals surface area contributed by atoms with Crippen LogP contribution in [0.15, 0.2) is 174 Å². The van der Waals surface area contributed by atoms with Crippen LogP contribution >= 0.6 is 15.9 Å². The zero-order valence-electron chi connectivity index (χ0n) is 28.0. The van der Waals surface area contributed by atoms with Crippen molar-refractivity contribution in [3.63, 3.8) is 0 Å². The van der Waals surface area contributed by atoms with Crippen molar-refractivity contribution in [1.29, 1.82) is 0 Å². The van der Waals surface area contributed by atoms with Gasteiger partial charge in [-0.1, -0.05) is 120 Å². The molecule has 0 aliphatic carbocycles. The van der Waals surface area contributed by atoms with Crippen molar-refractivity contribution in [2.24, 2.45) is 0 Å². The first-order valence-corrected chi connectivity index (χ1v) is 18.0. The summed E-state index contributed by atoms with van der Waals surface area (Å²) >= 11 is 3.91. The molecule has 50 heavy (non-hydrogen) atoms. The lowest BCUT2D eigenvalue weighted by Gasteiger charge is -2.30. The Balaban J connectivity index is 1.29. The Morgan fingerprint density at radius 1 is 0.420 bits per heavy atom. The molecule has 0 saturated heterocycles. The lowest BCUT2D eigenvalue weighted by Crippen LogP contribution is -2.13. The molecule has 0 saturated carbocycles. The van der Waals surface area contributed by atoms with Crippen LogP contribution in [0.5, 0.6) is 5.75 Å². The first-order valence-electron chi connectivity index (χ1n) is 17.2. The maximum absolute atomic E-state index is 6.01. The molecule has 244 valence electrons. The van der Waals surface area contributed by atoms with Crippen LogP contribution in [-0.2, 0) is 0 Å². The molecule has 0 atom stereocenters. The van der Waals surface area contributed by atoms with Crippen molar-refractivity contribution in [3.05, 3.63) is 174 Å². The first kappa shape index (κ1) is 31.7.